The number of ether oxygens (including phenoxy) is 1. The Labute approximate surface area is 71.5 Å². The molecule has 0 aliphatic rings. The monoisotopic (exact) mass is 175 g/mol. The van der Waals surface area contributed by atoms with E-state index >= 15 is 0 Å². The predicted molar refractivity (Wildman–Crippen MR) is 46.7 cm³/mol. The van der Waals surface area contributed by atoms with Gasteiger partial charge in [-0.3, -0.25) is 4.79 Å². The second-order valence-corrected chi connectivity index (χ2v) is 2.32. The lowest BCUT2D eigenvalue weighted by molar-refractivity contribution is -0.142. The summed E-state index contributed by atoms with van der Waals surface area (Å²) in [5, 5.41) is 2.39. The number of methoxy groups -OCH3 is 1. The van der Waals surface area contributed by atoms with Gasteiger partial charge in [-0.15, -0.1) is 0 Å². The topological polar surface area (TPSA) is 55.4 Å². The molecule has 0 fully saturated rings. The molecule has 0 bridgehead atoms. The SMILES string of the molecule is BC(=O)NC(CS)C(=O)OC. The van der Waals surface area contributed by atoms with Gasteiger partial charge in [-0.25, -0.2) is 4.79 Å². The number of hydrogen-bond acceptors (Lipinski definition) is 4. The Balaban J connectivity index is 3.94. The maximum Gasteiger partial charge on any atom is 0.329 e. The van der Waals surface area contributed by atoms with E-state index in [0.717, 1.165) is 0 Å². The van der Waals surface area contributed by atoms with E-state index in [4.69, 9.17) is 0 Å². The standard InChI is InChI=1S/C5H10BNO3S/c1-10-4(8)3(2-11)7-5(6)9/h3,11H,2,6H2,1H3,(H,7,9). The first-order valence-electron chi connectivity index (χ1n) is 3.07. The number of carbonyl (C=O) groups excluding carboxylic acids is 2. The summed E-state index contributed by atoms with van der Waals surface area (Å²) in [6, 6.07) is -0.638. The first-order chi connectivity index (χ1) is 5.11. The van der Waals surface area contributed by atoms with Crippen molar-refractivity contribution in [3.63, 3.8) is 0 Å². The van der Waals surface area contributed by atoms with Crippen LogP contribution in [0.15, 0.2) is 0 Å². The van der Waals surface area contributed by atoms with E-state index in [0.29, 0.717) is 0 Å². The van der Waals surface area contributed by atoms with Crippen molar-refractivity contribution in [3.05, 3.63) is 0 Å². The van der Waals surface area contributed by atoms with Gasteiger partial charge >= 0.3 is 5.97 Å². The molecule has 0 aliphatic heterocycles. The molecule has 11 heavy (non-hydrogen) atoms. The van der Waals surface area contributed by atoms with Crippen LogP contribution in [0.1, 0.15) is 0 Å². The van der Waals surface area contributed by atoms with Crippen LogP contribution in [0.2, 0.25) is 0 Å². The van der Waals surface area contributed by atoms with Gasteiger partial charge in [0.15, 0.2) is 5.81 Å². The third-order valence-electron chi connectivity index (χ3n) is 1.05. The molecule has 0 rings (SSSR count). The minimum Gasteiger partial charge on any atom is -0.467 e. The number of carbonyl (C=O) groups is 2. The van der Waals surface area contributed by atoms with Crippen molar-refractivity contribution in [2.24, 2.45) is 0 Å². The molecule has 0 heterocycles. The van der Waals surface area contributed by atoms with Gasteiger partial charge in [0.2, 0.25) is 7.85 Å². The van der Waals surface area contributed by atoms with E-state index in [-0.39, 0.29) is 11.6 Å². The summed E-state index contributed by atoms with van der Waals surface area (Å²) < 4.78 is 4.40. The Morgan fingerprint density at radius 2 is 2.27 bits per heavy atom. The summed E-state index contributed by atoms with van der Waals surface area (Å²) in [6.07, 6.45) is 0. The fraction of sp³-hybridized carbons (Fsp3) is 0.600. The highest BCUT2D eigenvalue weighted by atomic mass is 32.1. The molecule has 6 heteroatoms. The van der Waals surface area contributed by atoms with Crippen LogP contribution in [-0.4, -0.2) is 38.5 Å². The highest BCUT2D eigenvalue weighted by Gasteiger charge is 2.17. The lowest BCUT2D eigenvalue weighted by Crippen LogP contribution is -2.42. The lowest BCUT2D eigenvalue weighted by atomic mass is 10.1. The van der Waals surface area contributed by atoms with Crippen molar-refractivity contribution >= 4 is 32.3 Å². The summed E-state index contributed by atoms with van der Waals surface area (Å²) in [5.41, 5.74) is 0. The average molecular weight is 175 g/mol. The number of rotatable bonds is 3. The number of esters is 1. The third-order valence-corrected chi connectivity index (χ3v) is 1.41. The summed E-state index contributed by atoms with van der Waals surface area (Å²) in [6.45, 7) is 0. The quantitative estimate of drug-likeness (QED) is 0.322. The summed E-state index contributed by atoms with van der Waals surface area (Å²) in [7, 11) is 2.60. The fourth-order valence-electron chi connectivity index (χ4n) is 0.567. The molecule has 0 spiro atoms. The molecule has 1 N–H and O–H groups in total. The predicted octanol–water partition coefficient (Wildman–Crippen LogP) is -1.20. The largest absolute Gasteiger partial charge is 0.467 e. The van der Waals surface area contributed by atoms with Crippen LogP contribution in [0, 0.1) is 0 Å². The molecule has 1 atom stereocenters. The molecular formula is C5H10BNO3S. The van der Waals surface area contributed by atoms with Gasteiger partial charge in [0.25, 0.3) is 0 Å². The molecule has 0 saturated heterocycles. The molecule has 4 nitrogen and oxygen atoms in total. The molecule has 1 unspecified atom stereocenters. The van der Waals surface area contributed by atoms with Gasteiger partial charge in [-0.2, -0.15) is 12.6 Å². The van der Waals surface area contributed by atoms with Crippen molar-refractivity contribution in [1.82, 2.24) is 5.32 Å². The zero-order chi connectivity index (χ0) is 8.85. The number of nitrogens with one attached hydrogen (secondary N) is 1. The van der Waals surface area contributed by atoms with Crippen molar-refractivity contribution in [3.8, 4) is 0 Å². The minimum absolute atomic E-state index is 0.242. The van der Waals surface area contributed by atoms with Gasteiger partial charge in [-0.05, 0) is 0 Å². The maximum absolute atomic E-state index is 10.8. The molecular weight excluding hydrogens is 165 g/mol. The molecule has 0 aromatic heterocycles. The Kier molecular flexibility index (Phi) is 4.77. The van der Waals surface area contributed by atoms with Crippen LogP contribution >= 0.6 is 12.6 Å². The molecule has 0 aromatic carbocycles. The number of hydrogen-bond donors (Lipinski definition) is 2. The van der Waals surface area contributed by atoms with E-state index in [9.17, 15) is 9.59 Å². The first kappa shape index (κ1) is 10.4. The fourth-order valence-corrected chi connectivity index (χ4v) is 0.807. The van der Waals surface area contributed by atoms with E-state index in [1.807, 2.05) is 0 Å². The average Bonchev–Trinajstić information content (AvgIpc) is 1.98. The second-order valence-electron chi connectivity index (χ2n) is 1.96. The highest BCUT2D eigenvalue weighted by Crippen LogP contribution is 1.90. The smallest absolute Gasteiger partial charge is 0.329 e. The molecule has 0 radical (unpaired) electrons. The van der Waals surface area contributed by atoms with Gasteiger partial charge in [-0.1, -0.05) is 0 Å². The van der Waals surface area contributed by atoms with E-state index in [2.05, 4.69) is 22.7 Å². The Hall–Kier alpha value is -0.645. The van der Waals surface area contributed by atoms with Crippen molar-refractivity contribution in [1.29, 1.82) is 0 Å². The van der Waals surface area contributed by atoms with Crippen LogP contribution in [0.4, 0.5) is 4.79 Å². The van der Waals surface area contributed by atoms with Crippen LogP contribution in [0.25, 0.3) is 0 Å². The lowest BCUT2D eigenvalue weighted by Gasteiger charge is -2.11. The maximum atomic E-state index is 10.8. The summed E-state index contributed by atoms with van der Waals surface area (Å²) in [5.74, 6) is -0.503. The second kappa shape index (κ2) is 5.06. The Morgan fingerprint density at radius 3 is 2.55 bits per heavy atom. The van der Waals surface area contributed by atoms with Gasteiger partial charge in [0.1, 0.15) is 6.04 Å². The zero-order valence-corrected chi connectivity index (χ0v) is 7.35. The molecule has 62 valence electrons. The van der Waals surface area contributed by atoms with Crippen LogP contribution in [0.5, 0.6) is 0 Å². The van der Waals surface area contributed by atoms with Crippen LogP contribution < -0.4 is 5.32 Å². The molecule has 0 saturated carbocycles. The minimum atomic E-state index is -0.638. The molecule has 0 aliphatic carbocycles. The summed E-state index contributed by atoms with van der Waals surface area (Å²) >= 11 is 3.87. The number of amides is 1. The normalized spacial score (nSPS) is 11.8. The zero-order valence-electron chi connectivity index (χ0n) is 6.46. The van der Waals surface area contributed by atoms with Gasteiger partial charge < -0.3 is 10.1 Å². The van der Waals surface area contributed by atoms with E-state index in [1.54, 1.807) is 0 Å². The van der Waals surface area contributed by atoms with E-state index < -0.39 is 12.0 Å². The van der Waals surface area contributed by atoms with Gasteiger partial charge in [0.05, 0.1) is 7.11 Å². The van der Waals surface area contributed by atoms with Crippen LogP contribution in [-0.2, 0) is 9.53 Å². The van der Waals surface area contributed by atoms with E-state index in [1.165, 1.54) is 15.0 Å². The molecule has 0 aromatic rings. The first-order valence-corrected chi connectivity index (χ1v) is 3.70. The third kappa shape index (κ3) is 3.92. The van der Waals surface area contributed by atoms with Gasteiger partial charge in [0, 0.05) is 5.75 Å². The van der Waals surface area contributed by atoms with Crippen molar-refractivity contribution < 1.29 is 14.3 Å². The highest BCUT2D eigenvalue weighted by molar-refractivity contribution is 7.80. The molecule has 1 amide bonds. The van der Waals surface area contributed by atoms with Crippen molar-refractivity contribution in [2.75, 3.05) is 12.9 Å². The van der Waals surface area contributed by atoms with Crippen molar-refractivity contribution in [2.45, 2.75) is 6.04 Å². The van der Waals surface area contributed by atoms with Crippen LogP contribution in [0.3, 0.4) is 0 Å². The Bertz CT molecular complexity index is 164. The Morgan fingerprint density at radius 1 is 1.73 bits per heavy atom. The summed E-state index contributed by atoms with van der Waals surface area (Å²) in [4.78, 5) is 21.3. The number of thiol groups is 1.